The van der Waals surface area contributed by atoms with Gasteiger partial charge in [-0.25, -0.2) is 4.79 Å². The number of hydrogen-bond donors (Lipinski definition) is 1. The van der Waals surface area contributed by atoms with Crippen LogP contribution in [0.3, 0.4) is 0 Å². The first-order valence-electron chi connectivity index (χ1n) is 5.45. The molecule has 1 unspecified atom stereocenters. The van der Waals surface area contributed by atoms with Crippen LogP contribution in [0.2, 0.25) is 0 Å². The molecule has 5 heteroatoms. The van der Waals surface area contributed by atoms with Gasteiger partial charge in [0, 0.05) is 10.0 Å². The smallest absolute Gasteiger partial charge is 0.339 e. The SMILES string of the molecule is COC(=O)C(O)c1c(C)c(Br)c(C)c(C)c1OC. The number of methoxy groups -OCH3 is 2. The van der Waals surface area contributed by atoms with Crippen LogP contribution in [0.4, 0.5) is 0 Å². The highest BCUT2D eigenvalue weighted by Crippen LogP contribution is 2.39. The molecule has 1 rings (SSSR count). The Kier molecular flexibility index (Phi) is 4.76. The summed E-state index contributed by atoms with van der Waals surface area (Å²) in [6.45, 7) is 5.65. The van der Waals surface area contributed by atoms with Crippen LogP contribution in [0.25, 0.3) is 0 Å². The third kappa shape index (κ3) is 2.37. The molecule has 0 aromatic heterocycles. The van der Waals surface area contributed by atoms with Crippen LogP contribution in [0, 0.1) is 20.8 Å². The number of halogens is 1. The number of rotatable bonds is 3. The van der Waals surface area contributed by atoms with E-state index in [1.807, 2.05) is 20.8 Å². The van der Waals surface area contributed by atoms with Crippen LogP contribution >= 0.6 is 15.9 Å². The Morgan fingerprint density at radius 1 is 1.17 bits per heavy atom. The number of ether oxygens (including phenoxy) is 2. The van der Waals surface area contributed by atoms with Crippen LogP contribution < -0.4 is 4.74 Å². The minimum Gasteiger partial charge on any atom is -0.496 e. The fraction of sp³-hybridized carbons (Fsp3) is 0.462. The van der Waals surface area contributed by atoms with Crippen molar-refractivity contribution in [3.63, 3.8) is 0 Å². The average Bonchev–Trinajstić information content (AvgIpc) is 2.38. The molecule has 18 heavy (non-hydrogen) atoms. The minimum atomic E-state index is -1.35. The van der Waals surface area contributed by atoms with E-state index in [2.05, 4.69) is 20.7 Å². The van der Waals surface area contributed by atoms with Gasteiger partial charge < -0.3 is 14.6 Å². The maximum atomic E-state index is 11.5. The lowest BCUT2D eigenvalue weighted by atomic mass is 9.95. The van der Waals surface area contributed by atoms with Gasteiger partial charge in [0.2, 0.25) is 0 Å². The van der Waals surface area contributed by atoms with Crippen molar-refractivity contribution < 1.29 is 19.4 Å². The first-order valence-corrected chi connectivity index (χ1v) is 6.25. The van der Waals surface area contributed by atoms with Gasteiger partial charge in [0.1, 0.15) is 5.75 Å². The topological polar surface area (TPSA) is 55.8 Å². The third-order valence-corrected chi connectivity index (χ3v) is 4.30. The van der Waals surface area contributed by atoms with Crippen LogP contribution in [-0.2, 0) is 9.53 Å². The molecule has 100 valence electrons. The summed E-state index contributed by atoms with van der Waals surface area (Å²) < 4.78 is 10.8. The predicted octanol–water partition coefficient (Wildman–Crippen LogP) is 2.59. The molecule has 1 N–H and O–H groups in total. The Bertz CT molecular complexity index is 483. The predicted molar refractivity (Wildman–Crippen MR) is 71.9 cm³/mol. The molecule has 0 amide bonds. The number of hydrogen-bond acceptors (Lipinski definition) is 4. The van der Waals surface area contributed by atoms with Crippen LogP contribution in [0.15, 0.2) is 4.47 Å². The maximum absolute atomic E-state index is 11.5. The zero-order valence-electron chi connectivity index (χ0n) is 11.1. The van der Waals surface area contributed by atoms with Gasteiger partial charge in [0.25, 0.3) is 0 Å². The monoisotopic (exact) mass is 316 g/mol. The summed E-state index contributed by atoms with van der Waals surface area (Å²) in [6.07, 6.45) is -1.35. The summed E-state index contributed by atoms with van der Waals surface area (Å²) in [7, 11) is 2.76. The highest BCUT2D eigenvalue weighted by molar-refractivity contribution is 9.10. The summed E-state index contributed by atoms with van der Waals surface area (Å²) in [6, 6.07) is 0. The maximum Gasteiger partial charge on any atom is 0.339 e. The van der Waals surface area contributed by atoms with E-state index in [9.17, 15) is 9.90 Å². The van der Waals surface area contributed by atoms with E-state index in [1.54, 1.807) is 0 Å². The van der Waals surface area contributed by atoms with Gasteiger partial charge in [0.15, 0.2) is 6.10 Å². The van der Waals surface area contributed by atoms with E-state index < -0.39 is 12.1 Å². The van der Waals surface area contributed by atoms with E-state index in [-0.39, 0.29) is 0 Å². The van der Waals surface area contributed by atoms with Crippen molar-refractivity contribution in [2.45, 2.75) is 26.9 Å². The molecular formula is C13H17BrO4. The molecule has 0 aliphatic carbocycles. The molecular weight excluding hydrogens is 300 g/mol. The molecule has 1 aromatic carbocycles. The molecule has 1 aromatic rings. The summed E-state index contributed by atoms with van der Waals surface area (Å²) >= 11 is 3.46. The second-order valence-electron chi connectivity index (χ2n) is 4.06. The Hall–Kier alpha value is -1.07. The van der Waals surface area contributed by atoms with Crippen molar-refractivity contribution in [1.82, 2.24) is 0 Å². The van der Waals surface area contributed by atoms with Gasteiger partial charge in [-0.3, -0.25) is 0 Å². The zero-order valence-corrected chi connectivity index (χ0v) is 12.7. The molecule has 0 aliphatic heterocycles. The molecule has 0 saturated carbocycles. The lowest BCUT2D eigenvalue weighted by Gasteiger charge is -2.21. The molecule has 0 fully saturated rings. The molecule has 0 saturated heterocycles. The largest absolute Gasteiger partial charge is 0.496 e. The Balaban J connectivity index is 3.56. The van der Waals surface area contributed by atoms with E-state index in [0.29, 0.717) is 11.3 Å². The number of carbonyl (C=O) groups is 1. The molecule has 0 radical (unpaired) electrons. The molecule has 0 aliphatic rings. The first-order chi connectivity index (χ1) is 8.36. The number of aliphatic hydroxyl groups is 1. The van der Waals surface area contributed by atoms with Crippen molar-refractivity contribution >= 4 is 21.9 Å². The summed E-state index contributed by atoms with van der Waals surface area (Å²) in [5, 5.41) is 10.0. The van der Waals surface area contributed by atoms with Crippen molar-refractivity contribution in [1.29, 1.82) is 0 Å². The zero-order chi connectivity index (χ0) is 14.0. The highest BCUT2D eigenvalue weighted by atomic mass is 79.9. The summed E-state index contributed by atoms with van der Waals surface area (Å²) in [5.41, 5.74) is 3.12. The molecule has 0 heterocycles. The Morgan fingerprint density at radius 3 is 2.17 bits per heavy atom. The highest BCUT2D eigenvalue weighted by Gasteiger charge is 2.27. The Morgan fingerprint density at radius 2 is 1.72 bits per heavy atom. The average molecular weight is 317 g/mol. The fourth-order valence-corrected chi connectivity index (χ4v) is 2.44. The molecule has 0 bridgehead atoms. The minimum absolute atomic E-state index is 0.444. The van der Waals surface area contributed by atoms with Gasteiger partial charge >= 0.3 is 5.97 Å². The lowest BCUT2D eigenvalue weighted by molar-refractivity contribution is -0.150. The van der Waals surface area contributed by atoms with E-state index in [4.69, 9.17) is 4.74 Å². The van der Waals surface area contributed by atoms with Crippen molar-refractivity contribution in [3.05, 3.63) is 26.7 Å². The van der Waals surface area contributed by atoms with Crippen molar-refractivity contribution in [3.8, 4) is 5.75 Å². The van der Waals surface area contributed by atoms with E-state index >= 15 is 0 Å². The van der Waals surface area contributed by atoms with Gasteiger partial charge in [-0.2, -0.15) is 0 Å². The summed E-state index contributed by atoms with van der Waals surface area (Å²) in [5.74, 6) is -0.183. The second kappa shape index (κ2) is 5.71. The molecule has 4 nitrogen and oxygen atoms in total. The van der Waals surface area contributed by atoms with Gasteiger partial charge in [-0.1, -0.05) is 15.9 Å². The Labute approximate surface area is 115 Å². The summed E-state index contributed by atoms with van der Waals surface area (Å²) in [4.78, 5) is 11.5. The van der Waals surface area contributed by atoms with E-state index in [1.165, 1.54) is 14.2 Å². The van der Waals surface area contributed by atoms with Crippen LogP contribution in [-0.4, -0.2) is 25.3 Å². The van der Waals surface area contributed by atoms with Gasteiger partial charge in [-0.05, 0) is 37.5 Å². The number of aliphatic hydroxyl groups excluding tert-OH is 1. The first kappa shape index (κ1) is 15.0. The number of esters is 1. The normalized spacial score (nSPS) is 12.2. The molecule has 0 spiro atoms. The van der Waals surface area contributed by atoms with Gasteiger partial charge in [-0.15, -0.1) is 0 Å². The van der Waals surface area contributed by atoms with Gasteiger partial charge in [0.05, 0.1) is 14.2 Å². The fourth-order valence-electron chi connectivity index (χ4n) is 1.93. The lowest BCUT2D eigenvalue weighted by Crippen LogP contribution is -2.17. The number of benzene rings is 1. The molecule has 1 atom stereocenters. The van der Waals surface area contributed by atoms with Crippen LogP contribution in [0.1, 0.15) is 28.4 Å². The standard InChI is InChI=1S/C13H17BrO4/c1-6-7(2)12(17-4)9(8(3)10(6)14)11(15)13(16)18-5/h11,15H,1-5H3. The third-order valence-electron chi connectivity index (χ3n) is 3.11. The second-order valence-corrected chi connectivity index (χ2v) is 4.85. The van der Waals surface area contributed by atoms with E-state index in [0.717, 1.165) is 21.2 Å². The van der Waals surface area contributed by atoms with Crippen LogP contribution in [0.5, 0.6) is 5.75 Å². The number of carbonyl (C=O) groups excluding carboxylic acids is 1. The quantitative estimate of drug-likeness (QED) is 0.871. The van der Waals surface area contributed by atoms with Crippen molar-refractivity contribution in [2.75, 3.05) is 14.2 Å². The van der Waals surface area contributed by atoms with Crippen molar-refractivity contribution in [2.24, 2.45) is 0 Å².